The molecule has 3 atom stereocenters. The van der Waals surface area contributed by atoms with Crippen molar-refractivity contribution in [1.29, 1.82) is 0 Å². The molecule has 0 spiro atoms. The predicted molar refractivity (Wildman–Crippen MR) is 64.7 cm³/mol. The minimum Gasteiger partial charge on any atom is -0.497 e. The van der Waals surface area contributed by atoms with Gasteiger partial charge in [0.1, 0.15) is 11.6 Å². The van der Waals surface area contributed by atoms with Crippen molar-refractivity contribution in [3.05, 3.63) is 29.6 Å². The number of benzene rings is 1. The topological polar surface area (TPSA) is 21.3 Å². The molecule has 0 radical (unpaired) electrons. The highest BCUT2D eigenvalue weighted by molar-refractivity contribution is 5.29. The fourth-order valence-electron chi connectivity index (χ4n) is 3.26. The summed E-state index contributed by atoms with van der Waals surface area (Å²) in [7, 11) is 1.56. The minimum atomic E-state index is -0.145. The van der Waals surface area contributed by atoms with E-state index >= 15 is 0 Å². The van der Waals surface area contributed by atoms with Crippen molar-refractivity contribution in [1.82, 2.24) is 5.32 Å². The first-order valence-electron chi connectivity index (χ1n) is 6.34. The summed E-state index contributed by atoms with van der Waals surface area (Å²) in [5.41, 5.74) is 0.802. The van der Waals surface area contributed by atoms with Crippen LogP contribution in [-0.4, -0.2) is 19.2 Å². The van der Waals surface area contributed by atoms with Gasteiger partial charge in [-0.05, 0) is 43.2 Å². The molecule has 2 aliphatic rings. The Labute approximate surface area is 101 Å². The standard InChI is InChI=1S/C14H18FNO/c1-17-12-5-3-9(13(15)8-12)7-14-10-2-4-11(6-10)16-14/h3,5,8,10-11,14,16H,2,4,6-7H2,1H3. The molecule has 1 heterocycles. The summed E-state index contributed by atoms with van der Waals surface area (Å²) < 4.78 is 18.8. The van der Waals surface area contributed by atoms with Crippen molar-refractivity contribution in [3.8, 4) is 5.75 Å². The van der Waals surface area contributed by atoms with Gasteiger partial charge in [-0.3, -0.25) is 0 Å². The van der Waals surface area contributed by atoms with Gasteiger partial charge < -0.3 is 10.1 Å². The lowest BCUT2D eigenvalue weighted by molar-refractivity contribution is 0.374. The molecule has 2 bridgehead atoms. The van der Waals surface area contributed by atoms with E-state index in [4.69, 9.17) is 4.74 Å². The summed E-state index contributed by atoms with van der Waals surface area (Å²) >= 11 is 0. The third-order valence-electron chi connectivity index (χ3n) is 4.19. The number of rotatable bonds is 3. The van der Waals surface area contributed by atoms with Crippen LogP contribution in [-0.2, 0) is 6.42 Å². The second-order valence-electron chi connectivity index (χ2n) is 5.20. The number of halogens is 1. The smallest absolute Gasteiger partial charge is 0.130 e. The summed E-state index contributed by atoms with van der Waals surface area (Å²) in [4.78, 5) is 0. The zero-order valence-corrected chi connectivity index (χ0v) is 10.1. The van der Waals surface area contributed by atoms with Crippen LogP contribution in [0.1, 0.15) is 24.8 Å². The van der Waals surface area contributed by atoms with E-state index < -0.39 is 0 Å². The van der Waals surface area contributed by atoms with E-state index in [2.05, 4.69) is 5.32 Å². The van der Waals surface area contributed by atoms with Crippen LogP contribution >= 0.6 is 0 Å². The van der Waals surface area contributed by atoms with Crippen LogP contribution in [0.2, 0.25) is 0 Å². The van der Waals surface area contributed by atoms with Gasteiger partial charge in [0.25, 0.3) is 0 Å². The number of methoxy groups -OCH3 is 1. The van der Waals surface area contributed by atoms with E-state index in [9.17, 15) is 4.39 Å². The van der Waals surface area contributed by atoms with E-state index in [-0.39, 0.29) is 5.82 Å². The molecule has 3 heteroatoms. The zero-order chi connectivity index (χ0) is 11.8. The van der Waals surface area contributed by atoms with Crippen LogP contribution in [0.3, 0.4) is 0 Å². The molecule has 92 valence electrons. The Hall–Kier alpha value is -1.09. The Kier molecular flexibility index (Phi) is 2.79. The number of hydrogen-bond acceptors (Lipinski definition) is 2. The van der Waals surface area contributed by atoms with E-state index in [1.54, 1.807) is 7.11 Å². The maximum atomic E-state index is 13.8. The lowest BCUT2D eigenvalue weighted by Gasteiger charge is -2.23. The van der Waals surface area contributed by atoms with Crippen LogP contribution in [0.25, 0.3) is 0 Å². The number of nitrogens with one attached hydrogen (secondary N) is 1. The molecule has 0 amide bonds. The van der Waals surface area contributed by atoms with Gasteiger partial charge in [-0.15, -0.1) is 0 Å². The van der Waals surface area contributed by atoms with Gasteiger partial charge >= 0.3 is 0 Å². The summed E-state index contributed by atoms with van der Waals surface area (Å²) in [6, 6.07) is 6.32. The van der Waals surface area contributed by atoms with Crippen LogP contribution in [0.4, 0.5) is 4.39 Å². The monoisotopic (exact) mass is 235 g/mol. The fraction of sp³-hybridized carbons (Fsp3) is 0.571. The average Bonchev–Trinajstić information content (AvgIpc) is 2.93. The fourth-order valence-corrected chi connectivity index (χ4v) is 3.26. The molecule has 3 rings (SSSR count). The normalized spacial score (nSPS) is 30.8. The van der Waals surface area contributed by atoms with E-state index in [1.807, 2.05) is 12.1 Å². The molecular formula is C14H18FNO. The van der Waals surface area contributed by atoms with Crippen LogP contribution in [0.15, 0.2) is 18.2 Å². The first-order chi connectivity index (χ1) is 8.26. The van der Waals surface area contributed by atoms with Gasteiger partial charge in [0.05, 0.1) is 7.11 Å². The van der Waals surface area contributed by atoms with Gasteiger partial charge in [-0.2, -0.15) is 0 Å². The van der Waals surface area contributed by atoms with Crippen LogP contribution < -0.4 is 10.1 Å². The van der Waals surface area contributed by atoms with E-state index in [0.29, 0.717) is 17.8 Å². The highest BCUT2D eigenvalue weighted by Crippen LogP contribution is 2.36. The Bertz CT molecular complexity index is 421. The van der Waals surface area contributed by atoms with Crippen LogP contribution in [0.5, 0.6) is 5.75 Å². The van der Waals surface area contributed by atoms with E-state index in [0.717, 1.165) is 17.9 Å². The molecule has 17 heavy (non-hydrogen) atoms. The number of piperidine rings is 1. The first-order valence-corrected chi connectivity index (χ1v) is 6.34. The molecule has 1 aliphatic carbocycles. The van der Waals surface area contributed by atoms with Crippen molar-refractivity contribution < 1.29 is 9.13 Å². The second kappa shape index (κ2) is 4.30. The van der Waals surface area contributed by atoms with E-state index in [1.165, 1.54) is 25.3 Å². The molecule has 2 nitrogen and oxygen atoms in total. The summed E-state index contributed by atoms with van der Waals surface area (Å²) in [6.45, 7) is 0. The molecule has 1 aromatic rings. The molecule has 3 unspecified atom stereocenters. The molecule has 1 saturated carbocycles. The zero-order valence-electron chi connectivity index (χ0n) is 10.1. The molecule has 1 aliphatic heterocycles. The second-order valence-corrected chi connectivity index (χ2v) is 5.20. The minimum absolute atomic E-state index is 0.145. The van der Waals surface area contributed by atoms with Gasteiger partial charge in [0, 0.05) is 18.2 Å². The number of fused-ring (bicyclic) bond motifs is 2. The molecule has 0 aromatic heterocycles. The third-order valence-corrected chi connectivity index (χ3v) is 4.19. The third kappa shape index (κ3) is 2.04. The Morgan fingerprint density at radius 3 is 2.88 bits per heavy atom. The highest BCUT2D eigenvalue weighted by Gasteiger charge is 2.38. The lowest BCUT2D eigenvalue weighted by atomic mass is 9.93. The van der Waals surface area contributed by atoms with Crippen LogP contribution in [0, 0.1) is 11.7 Å². The summed E-state index contributed by atoms with van der Waals surface area (Å²) in [5, 5.41) is 3.60. The number of ether oxygens (including phenoxy) is 1. The molecule has 2 fully saturated rings. The predicted octanol–water partition coefficient (Wildman–Crippen LogP) is 2.52. The van der Waals surface area contributed by atoms with Crippen molar-refractivity contribution in [2.45, 2.75) is 37.8 Å². The SMILES string of the molecule is COc1ccc(CC2NC3CCC2C3)c(F)c1. The molecule has 1 aromatic carbocycles. The van der Waals surface area contributed by atoms with Gasteiger partial charge in [-0.1, -0.05) is 6.07 Å². The maximum Gasteiger partial charge on any atom is 0.130 e. The van der Waals surface area contributed by atoms with Crippen molar-refractivity contribution in [2.24, 2.45) is 5.92 Å². The average molecular weight is 235 g/mol. The quantitative estimate of drug-likeness (QED) is 0.869. The molecule has 1 N–H and O–H groups in total. The largest absolute Gasteiger partial charge is 0.497 e. The van der Waals surface area contributed by atoms with Crippen molar-refractivity contribution in [2.75, 3.05) is 7.11 Å². The first kappa shape index (κ1) is 11.0. The lowest BCUT2D eigenvalue weighted by Crippen LogP contribution is -2.37. The Balaban J connectivity index is 1.73. The number of hydrogen-bond donors (Lipinski definition) is 1. The summed E-state index contributed by atoms with van der Waals surface area (Å²) in [5.74, 6) is 1.20. The highest BCUT2D eigenvalue weighted by atomic mass is 19.1. The van der Waals surface area contributed by atoms with Gasteiger partial charge in [-0.25, -0.2) is 4.39 Å². The maximum absolute atomic E-state index is 13.8. The molecular weight excluding hydrogens is 217 g/mol. The molecule has 1 saturated heterocycles. The Morgan fingerprint density at radius 2 is 2.29 bits per heavy atom. The summed E-state index contributed by atoms with van der Waals surface area (Å²) in [6.07, 6.45) is 4.69. The van der Waals surface area contributed by atoms with Crippen molar-refractivity contribution >= 4 is 0 Å². The Morgan fingerprint density at radius 1 is 1.41 bits per heavy atom. The van der Waals surface area contributed by atoms with Gasteiger partial charge in [0.2, 0.25) is 0 Å². The van der Waals surface area contributed by atoms with Crippen molar-refractivity contribution in [3.63, 3.8) is 0 Å². The van der Waals surface area contributed by atoms with Gasteiger partial charge in [0.15, 0.2) is 0 Å².